The van der Waals surface area contributed by atoms with Gasteiger partial charge in [-0.3, -0.25) is 4.72 Å². The maximum absolute atomic E-state index is 12.0. The Hall–Kier alpha value is -1.86. The predicted molar refractivity (Wildman–Crippen MR) is 78.1 cm³/mol. The molecule has 2 heterocycles. The van der Waals surface area contributed by atoms with E-state index >= 15 is 0 Å². The Morgan fingerprint density at radius 1 is 1.37 bits per heavy atom. The third-order valence-electron chi connectivity index (χ3n) is 2.20. The van der Waals surface area contributed by atoms with Gasteiger partial charge in [-0.1, -0.05) is 12.1 Å². The summed E-state index contributed by atoms with van der Waals surface area (Å²) >= 11 is 1.17. The minimum absolute atomic E-state index is 0.279. The first-order valence-electron chi connectivity index (χ1n) is 5.49. The van der Waals surface area contributed by atoms with E-state index < -0.39 is 10.0 Å². The van der Waals surface area contributed by atoms with E-state index in [0.717, 1.165) is 0 Å². The summed E-state index contributed by atoms with van der Waals surface area (Å²) < 4.78 is 26.7. The zero-order valence-electron chi connectivity index (χ0n) is 10.0. The highest BCUT2D eigenvalue weighted by atomic mass is 32.2. The third-order valence-corrected chi connectivity index (χ3v) is 4.98. The second-order valence-corrected chi connectivity index (χ2v) is 6.50. The van der Waals surface area contributed by atoms with Crippen LogP contribution in [-0.4, -0.2) is 19.9 Å². The van der Waals surface area contributed by atoms with Crippen molar-refractivity contribution in [3.05, 3.63) is 48.5 Å². The molecule has 7 heteroatoms. The van der Waals surface area contributed by atoms with Gasteiger partial charge in [-0.2, -0.15) is 0 Å². The predicted octanol–water partition coefficient (Wildman–Crippen LogP) is 2.54. The number of thiophene rings is 1. The Bertz CT molecular complexity index is 634. The third kappa shape index (κ3) is 3.55. The van der Waals surface area contributed by atoms with Gasteiger partial charge in [-0.15, -0.1) is 17.9 Å². The summed E-state index contributed by atoms with van der Waals surface area (Å²) in [4.78, 5) is 4.10. The molecule has 0 saturated heterocycles. The standard InChI is InChI=1S/C12H13N3O2S2/c1-2-7-13-11-6-5-10(9-14-11)15-19(16,17)12-4-3-8-18-12/h2-6,8-9,15H,1,7H2,(H,13,14). The van der Waals surface area contributed by atoms with Crippen LogP contribution >= 0.6 is 11.3 Å². The minimum Gasteiger partial charge on any atom is -0.367 e. The topological polar surface area (TPSA) is 71.1 Å². The number of hydrogen-bond donors (Lipinski definition) is 2. The summed E-state index contributed by atoms with van der Waals surface area (Å²) in [5.74, 6) is 0.666. The highest BCUT2D eigenvalue weighted by Gasteiger charge is 2.14. The lowest BCUT2D eigenvalue weighted by Crippen LogP contribution is -2.11. The van der Waals surface area contributed by atoms with Gasteiger partial charge >= 0.3 is 0 Å². The summed E-state index contributed by atoms with van der Waals surface area (Å²) in [6.45, 7) is 4.19. The Morgan fingerprint density at radius 3 is 2.79 bits per heavy atom. The van der Waals surface area contributed by atoms with Gasteiger partial charge in [-0.05, 0) is 23.6 Å². The van der Waals surface area contributed by atoms with E-state index in [4.69, 9.17) is 0 Å². The van der Waals surface area contributed by atoms with E-state index in [9.17, 15) is 8.42 Å². The highest BCUT2D eigenvalue weighted by Crippen LogP contribution is 2.20. The van der Waals surface area contributed by atoms with Gasteiger partial charge in [0.25, 0.3) is 10.0 Å². The van der Waals surface area contributed by atoms with Crippen molar-refractivity contribution in [2.75, 3.05) is 16.6 Å². The first kappa shape index (κ1) is 13.6. The van der Waals surface area contributed by atoms with Crippen LogP contribution < -0.4 is 10.0 Å². The average Bonchev–Trinajstić information content (AvgIpc) is 2.92. The first-order chi connectivity index (χ1) is 9.12. The van der Waals surface area contributed by atoms with E-state index in [2.05, 4.69) is 21.6 Å². The minimum atomic E-state index is -3.51. The molecule has 0 aliphatic carbocycles. The quantitative estimate of drug-likeness (QED) is 0.803. The molecule has 2 aromatic rings. The summed E-state index contributed by atoms with van der Waals surface area (Å²) in [7, 11) is -3.51. The van der Waals surface area contributed by atoms with E-state index in [-0.39, 0.29) is 4.21 Å². The van der Waals surface area contributed by atoms with Gasteiger partial charge < -0.3 is 5.32 Å². The number of nitrogens with one attached hydrogen (secondary N) is 2. The Morgan fingerprint density at radius 2 is 2.21 bits per heavy atom. The first-order valence-corrected chi connectivity index (χ1v) is 7.85. The monoisotopic (exact) mass is 295 g/mol. The summed E-state index contributed by atoms with van der Waals surface area (Å²) in [5.41, 5.74) is 0.428. The molecule has 0 radical (unpaired) electrons. The highest BCUT2D eigenvalue weighted by molar-refractivity contribution is 7.94. The fraction of sp³-hybridized carbons (Fsp3) is 0.0833. The molecule has 0 unspecified atom stereocenters. The molecule has 2 rings (SSSR count). The lowest BCUT2D eigenvalue weighted by molar-refractivity contribution is 0.603. The lowest BCUT2D eigenvalue weighted by atomic mass is 10.4. The van der Waals surface area contributed by atoms with E-state index in [1.165, 1.54) is 17.5 Å². The molecule has 0 atom stereocenters. The molecule has 100 valence electrons. The largest absolute Gasteiger partial charge is 0.367 e. The Kier molecular flexibility index (Phi) is 4.18. The molecule has 5 nitrogen and oxygen atoms in total. The van der Waals surface area contributed by atoms with Crippen molar-refractivity contribution in [1.82, 2.24) is 4.98 Å². The van der Waals surface area contributed by atoms with Crippen molar-refractivity contribution in [3.8, 4) is 0 Å². The van der Waals surface area contributed by atoms with Crippen LogP contribution in [0.2, 0.25) is 0 Å². The number of aromatic nitrogens is 1. The molecule has 0 saturated carbocycles. The van der Waals surface area contributed by atoms with Crippen LogP contribution in [-0.2, 0) is 10.0 Å². The molecule has 0 bridgehead atoms. The van der Waals surface area contributed by atoms with Crippen molar-refractivity contribution >= 4 is 32.9 Å². The molecule has 19 heavy (non-hydrogen) atoms. The number of anilines is 2. The summed E-state index contributed by atoms with van der Waals surface area (Å²) in [6, 6.07) is 6.61. The van der Waals surface area contributed by atoms with Crippen LogP contribution in [0.3, 0.4) is 0 Å². The van der Waals surface area contributed by atoms with Gasteiger partial charge in [0.2, 0.25) is 0 Å². The smallest absolute Gasteiger partial charge is 0.271 e. The molecule has 0 fully saturated rings. The number of sulfonamides is 1. The van der Waals surface area contributed by atoms with Crippen LogP contribution in [0.4, 0.5) is 11.5 Å². The molecular weight excluding hydrogens is 282 g/mol. The van der Waals surface area contributed by atoms with Crippen molar-refractivity contribution in [2.24, 2.45) is 0 Å². The van der Waals surface area contributed by atoms with Crippen LogP contribution in [0.15, 0.2) is 52.7 Å². The zero-order valence-corrected chi connectivity index (χ0v) is 11.7. The number of nitrogens with zero attached hydrogens (tertiary/aromatic N) is 1. The molecule has 2 aromatic heterocycles. The normalized spacial score (nSPS) is 10.9. The Balaban J connectivity index is 2.09. The van der Waals surface area contributed by atoms with Crippen LogP contribution in [0.5, 0.6) is 0 Å². The van der Waals surface area contributed by atoms with E-state index in [0.29, 0.717) is 18.1 Å². The van der Waals surface area contributed by atoms with Crippen molar-refractivity contribution < 1.29 is 8.42 Å². The van der Waals surface area contributed by atoms with Gasteiger partial charge in [0.1, 0.15) is 10.0 Å². The van der Waals surface area contributed by atoms with Crippen molar-refractivity contribution in [3.63, 3.8) is 0 Å². The van der Waals surface area contributed by atoms with E-state index in [1.54, 1.807) is 35.7 Å². The molecule has 0 spiro atoms. The van der Waals surface area contributed by atoms with E-state index in [1.807, 2.05) is 0 Å². The molecule has 0 amide bonds. The second-order valence-electron chi connectivity index (χ2n) is 3.64. The fourth-order valence-corrected chi connectivity index (χ4v) is 3.39. The molecule has 0 aliphatic rings. The average molecular weight is 295 g/mol. The molecular formula is C12H13N3O2S2. The zero-order chi connectivity index (χ0) is 13.7. The SMILES string of the molecule is C=CCNc1ccc(NS(=O)(=O)c2cccs2)cn1. The summed E-state index contributed by atoms with van der Waals surface area (Å²) in [5, 5.41) is 4.72. The maximum Gasteiger partial charge on any atom is 0.271 e. The molecule has 0 aliphatic heterocycles. The number of rotatable bonds is 6. The van der Waals surface area contributed by atoms with Crippen LogP contribution in [0.1, 0.15) is 0 Å². The second kappa shape index (κ2) is 5.85. The number of hydrogen-bond acceptors (Lipinski definition) is 5. The fourth-order valence-electron chi connectivity index (χ4n) is 1.36. The van der Waals surface area contributed by atoms with Gasteiger partial charge in [-0.25, -0.2) is 13.4 Å². The molecule has 0 aromatic carbocycles. The maximum atomic E-state index is 12.0. The van der Waals surface area contributed by atoms with Crippen molar-refractivity contribution in [1.29, 1.82) is 0 Å². The van der Waals surface area contributed by atoms with Crippen LogP contribution in [0, 0.1) is 0 Å². The van der Waals surface area contributed by atoms with Gasteiger partial charge in [0, 0.05) is 6.54 Å². The lowest BCUT2D eigenvalue weighted by Gasteiger charge is -2.07. The molecule has 2 N–H and O–H groups in total. The summed E-state index contributed by atoms with van der Waals surface area (Å²) in [6.07, 6.45) is 3.19. The number of pyridine rings is 1. The van der Waals surface area contributed by atoms with Crippen molar-refractivity contribution in [2.45, 2.75) is 4.21 Å². The van der Waals surface area contributed by atoms with Gasteiger partial charge in [0.05, 0.1) is 11.9 Å². The van der Waals surface area contributed by atoms with Gasteiger partial charge in [0.15, 0.2) is 0 Å². The Labute approximate surface area is 116 Å². The van der Waals surface area contributed by atoms with Crippen LogP contribution in [0.25, 0.3) is 0 Å².